The Hall–Kier alpha value is -1.26. The Balaban J connectivity index is 2.59. The number of likely N-dealkylation sites (tertiary alicyclic amines) is 1. The van der Waals surface area contributed by atoms with Gasteiger partial charge in [-0.25, -0.2) is 4.79 Å². The van der Waals surface area contributed by atoms with E-state index in [2.05, 4.69) is 0 Å². The van der Waals surface area contributed by atoms with Crippen molar-refractivity contribution >= 4 is 12.0 Å². The van der Waals surface area contributed by atoms with Crippen LogP contribution in [0.1, 0.15) is 40.5 Å². The molecule has 5 nitrogen and oxygen atoms in total. The second-order valence-electron chi connectivity index (χ2n) is 6.12. The zero-order chi connectivity index (χ0) is 14.6. The Morgan fingerprint density at radius 1 is 1.37 bits per heavy atom. The first-order valence-electron chi connectivity index (χ1n) is 6.97. The number of carbonyl (C=O) groups is 2. The molecule has 2 amide bonds. The lowest BCUT2D eigenvalue weighted by atomic mass is 9.97. The number of piperidine rings is 1. The van der Waals surface area contributed by atoms with Crippen LogP contribution in [0.5, 0.6) is 0 Å². The quantitative estimate of drug-likeness (QED) is 0.772. The molecule has 0 bridgehead atoms. The topological polar surface area (TPSA) is 49.9 Å². The van der Waals surface area contributed by atoms with Gasteiger partial charge in [-0.15, -0.1) is 0 Å². The van der Waals surface area contributed by atoms with Gasteiger partial charge in [-0.3, -0.25) is 4.79 Å². The normalized spacial score (nSPS) is 20.1. The van der Waals surface area contributed by atoms with Gasteiger partial charge in [-0.1, -0.05) is 0 Å². The van der Waals surface area contributed by atoms with Crippen LogP contribution in [0.2, 0.25) is 0 Å². The molecular formula is C14H26N2O3. The molecule has 0 N–H and O–H groups in total. The summed E-state index contributed by atoms with van der Waals surface area (Å²) in [7, 11) is 1.80. The summed E-state index contributed by atoms with van der Waals surface area (Å²) < 4.78 is 5.35. The van der Waals surface area contributed by atoms with Crippen molar-refractivity contribution in [1.29, 1.82) is 0 Å². The van der Waals surface area contributed by atoms with Crippen molar-refractivity contribution in [2.45, 2.75) is 46.1 Å². The number of ether oxygens (including phenoxy) is 1. The van der Waals surface area contributed by atoms with Gasteiger partial charge in [0.05, 0.1) is 5.92 Å². The lowest BCUT2D eigenvalue weighted by molar-refractivity contribution is -0.135. The first kappa shape index (κ1) is 15.8. The highest BCUT2D eigenvalue weighted by atomic mass is 16.6. The van der Waals surface area contributed by atoms with Gasteiger partial charge in [0.1, 0.15) is 5.60 Å². The van der Waals surface area contributed by atoms with Gasteiger partial charge >= 0.3 is 6.09 Å². The number of amides is 2. The van der Waals surface area contributed by atoms with E-state index in [1.54, 1.807) is 16.8 Å². The Bertz CT molecular complexity index is 336. The number of hydrogen-bond donors (Lipinski definition) is 0. The monoisotopic (exact) mass is 270 g/mol. The summed E-state index contributed by atoms with van der Waals surface area (Å²) in [4.78, 5) is 27.5. The lowest BCUT2D eigenvalue weighted by Gasteiger charge is -2.34. The third-order valence-corrected chi connectivity index (χ3v) is 3.27. The Morgan fingerprint density at radius 2 is 2.00 bits per heavy atom. The molecule has 0 aromatic rings. The minimum Gasteiger partial charge on any atom is -0.444 e. The van der Waals surface area contributed by atoms with E-state index >= 15 is 0 Å². The summed E-state index contributed by atoms with van der Waals surface area (Å²) in [6.45, 7) is 9.34. The Morgan fingerprint density at radius 3 is 2.53 bits per heavy atom. The molecular weight excluding hydrogens is 244 g/mol. The maximum atomic E-state index is 12.1. The molecule has 110 valence electrons. The molecule has 5 heteroatoms. The average Bonchev–Trinajstić information content (AvgIpc) is 2.35. The van der Waals surface area contributed by atoms with Crippen molar-refractivity contribution in [3.05, 3.63) is 0 Å². The van der Waals surface area contributed by atoms with Crippen LogP contribution in [0.15, 0.2) is 0 Å². The molecule has 0 unspecified atom stereocenters. The SMILES string of the molecule is CCN(C)C(=O)[C@@H]1CCCN(C(=O)OC(C)(C)C)C1. The van der Waals surface area contributed by atoms with Crippen molar-refractivity contribution in [3.63, 3.8) is 0 Å². The Kier molecular flexibility index (Phi) is 5.20. The largest absolute Gasteiger partial charge is 0.444 e. The number of nitrogens with zero attached hydrogens (tertiary/aromatic N) is 2. The number of carbonyl (C=O) groups excluding carboxylic acids is 2. The fraction of sp³-hybridized carbons (Fsp3) is 0.857. The fourth-order valence-corrected chi connectivity index (χ4v) is 2.14. The second kappa shape index (κ2) is 6.26. The molecule has 1 saturated heterocycles. The third kappa shape index (κ3) is 4.73. The maximum absolute atomic E-state index is 12.1. The molecule has 0 aromatic carbocycles. The molecule has 19 heavy (non-hydrogen) atoms. The molecule has 0 radical (unpaired) electrons. The second-order valence-corrected chi connectivity index (χ2v) is 6.12. The zero-order valence-electron chi connectivity index (χ0n) is 12.7. The van der Waals surface area contributed by atoms with Crippen LogP contribution in [0.3, 0.4) is 0 Å². The van der Waals surface area contributed by atoms with E-state index in [1.807, 2.05) is 27.7 Å². The summed E-state index contributed by atoms with van der Waals surface area (Å²) in [6, 6.07) is 0. The first-order chi connectivity index (χ1) is 8.74. The van der Waals surface area contributed by atoms with Gasteiger partial charge in [0.25, 0.3) is 0 Å². The molecule has 0 aromatic heterocycles. The Labute approximate surface area is 115 Å². The van der Waals surface area contributed by atoms with Crippen molar-refractivity contribution in [1.82, 2.24) is 9.80 Å². The minimum absolute atomic E-state index is 0.0915. The lowest BCUT2D eigenvalue weighted by Crippen LogP contribution is -2.47. The molecule has 1 rings (SSSR count). The van der Waals surface area contributed by atoms with Crippen molar-refractivity contribution in [3.8, 4) is 0 Å². The van der Waals surface area contributed by atoms with Crippen molar-refractivity contribution in [2.75, 3.05) is 26.7 Å². The van der Waals surface area contributed by atoms with Crippen LogP contribution in [0.4, 0.5) is 4.79 Å². The van der Waals surface area contributed by atoms with Crippen LogP contribution in [-0.4, -0.2) is 54.1 Å². The average molecular weight is 270 g/mol. The smallest absolute Gasteiger partial charge is 0.410 e. The van der Waals surface area contributed by atoms with E-state index in [9.17, 15) is 9.59 Å². The summed E-state index contributed by atoms with van der Waals surface area (Å²) in [5, 5.41) is 0. The molecule has 1 aliphatic rings. The van der Waals surface area contributed by atoms with Crippen molar-refractivity contribution < 1.29 is 14.3 Å². The van der Waals surface area contributed by atoms with Crippen LogP contribution >= 0.6 is 0 Å². The summed E-state index contributed by atoms with van der Waals surface area (Å²) in [5.41, 5.74) is -0.492. The molecule has 1 aliphatic heterocycles. The van der Waals surface area contributed by atoms with E-state index in [4.69, 9.17) is 4.74 Å². The standard InChI is InChI=1S/C14H26N2O3/c1-6-15(5)12(17)11-8-7-9-16(10-11)13(18)19-14(2,3)4/h11H,6-10H2,1-5H3/t11-/m1/s1. The van der Waals surface area contributed by atoms with Gasteiger partial charge in [0.2, 0.25) is 5.91 Å². The van der Waals surface area contributed by atoms with E-state index < -0.39 is 5.60 Å². The third-order valence-electron chi connectivity index (χ3n) is 3.27. The number of rotatable bonds is 2. The van der Waals surface area contributed by atoms with Crippen LogP contribution in [0, 0.1) is 5.92 Å². The van der Waals surface area contributed by atoms with Gasteiger partial charge in [0, 0.05) is 26.7 Å². The van der Waals surface area contributed by atoms with E-state index in [-0.39, 0.29) is 17.9 Å². The predicted octanol–water partition coefficient (Wildman–Crippen LogP) is 2.11. The van der Waals surface area contributed by atoms with E-state index in [1.165, 1.54) is 0 Å². The highest BCUT2D eigenvalue weighted by Gasteiger charge is 2.31. The fourth-order valence-electron chi connectivity index (χ4n) is 2.14. The molecule has 1 atom stereocenters. The highest BCUT2D eigenvalue weighted by molar-refractivity contribution is 5.79. The van der Waals surface area contributed by atoms with E-state index in [0.29, 0.717) is 19.6 Å². The van der Waals surface area contributed by atoms with Gasteiger partial charge < -0.3 is 14.5 Å². The molecule has 1 fully saturated rings. The highest BCUT2D eigenvalue weighted by Crippen LogP contribution is 2.20. The van der Waals surface area contributed by atoms with Crippen LogP contribution in [-0.2, 0) is 9.53 Å². The van der Waals surface area contributed by atoms with Crippen molar-refractivity contribution in [2.24, 2.45) is 5.92 Å². The maximum Gasteiger partial charge on any atom is 0.410 e. The van der Waals surface area contributed by atoms with Crippen LogP contribution in [0.25, 0.3) is 0 Å². The van der Waals surface area contributed by atoms with Crippen LogP contribution < -0.4 is 0 Å². The zero-order valence-corrected chi connectivity index (χ0v) is 12.7. The number of hydrogen-bond acceptors (Lipinski definition) is 3. The molecule has 0 saturated carbocycles. The molecule has 0 spiro atoms. The summed E-state index contributed by atoms with van der Waals surface area (Å²) in [6.07, 6.45) is 1.39. The molecule has 1 heterocycles. The molecule has 0 aliphatic carbocycles. The summed E-state index contributed by atoms with van der Waals surface area (Å²) in [5.74, 6) is 0.0296. The van der Waals surface area contributed by atoms with Gasteiger partial charge in [-0.2, -0.15) is 0 Å². The first-order valence-corrected chi connectivity index (χ1v) is 6.97. The predicted molar refractivity (Wildman–Crippen MR) is 73.8 cm³/mol. The van der Waals surface area contributed by atoms with Gasteiger partial charge in [-0.05, 0) is 40.5 Å². The van der Waals surface area contributed by atoms with E-state index in [0.717, 1.165) is 12.8 Å². The van der Waals surface area contributed by atoms with Gasteiger partial charge in [0.15, 0.2) is 0 Å². The summed E-state index contributed by atoms with van der Waals surface area (Å²) >= 11 is 0. The minimum atomic E-state index is -0.492.